The fourth-order valence-corrected chi connectivity index (χ4v) is 3.04. The van der Waals surface area contributed by atoms with Crippen LogP contribution in [0.25, 0.3) is 0 Å². The molecule has 1 fully saturated rings. The highest BCUT2D eigenvalue weighted by Crippen LogP contribution is 2.22. The van der Waals surface area contributed by atoms with Crippen molar-refractivity contribution in [1.29, 1.82) is 0 Å². The number of likely N-dealkylation sites (tertiary alicyclic amines) is 1. The Hall–Kier alpha value is -1.55. The Morgan fingerprint density at radius 2 is 2.05 bits per heavy atom. The summed E-state index contributed by atoms with van der Waals surface area (Å²) in [4.78, 5) is 14.2. The maximum absolute atomic E-state index is 12.3. The normalized spacial score (nSPS) is 18.0. The number of aryl methyl sites for hydroxylation is 2. The molecule has 0 bridgehead atoms. The molecule has 4 heteroatoms. The van der Waals surface area contributed by atoms with Gasteiger partial charge in [-0.05, 0) is 62.8 Å². The van der Waals surface area contributed by atoms with Gasteiger partial charge in [0.05, 0.1) is 0 Å². The summed E-state index contributed by atoms with van der Waals surface area (Å²) in [6, 6.07) is 6.26. The van der Waals surface area contributed by atoms with Crippen LogP contribution in [0, 0.1) is 13.8 Å². The minimum atomic E-state index is 0.0506. The minimum Gasteiger partial charge on any atom is -0.484 e. The molecule has 1 aromatic carbocycles. The van der Waals surface area contributed by atoms with Crippen LogP contribution in [0.2, 0.25) is 0 Å². The highest BCUT2D eigenvalue weighted by atomic mass is 16.5. The number of ether oxygens (including phenoxy) is 1. The second-order valence-corrected chi connectivity index (χ2v) is 5.86. The van der Waals surface area contributed by atoms with Crippen LogP contribution in [-0.4, -0.2) is 41.7 Å². The topological polar surface area (TPSA) is 49.8 Å². The second-order valence-electron chi connectivity index (χ2n) is 5.86. The Bertz CT molecular complexity index is 467. The van der Waals surface area contributed by atoms with Gasteiger partial charge in [-0.3, -0.25) is 4.79 Å². The van der Waals surface area contributed by atoms with E-state index in [0.29, 0.717) is 0 Å². The first-order valence-corrected chi connectivity index (χ1v) is 7.71. The zero-order valence-corrected chi connectivity index (χ0v) is 13.0. The predicted molar refractivity (Wildman–Crippen MR) is 82.5 cm³/mol. The summed E-state index contributed by atoms with van der Waals surface area (Å²) >= 11 is 0. The Balaban J connectivity index is 1.88. The SMILES string of the molecule is Cc1cc(C)cc(OCC(=O)N2CCCC2CCCO)c1. The van der Waals surface area contributed by atoms with E-state index >= 15 is 0 Å². The van der Waals surface area contributed by atoms with Crippen molar-refractivity contribution < 1.29 is 14.6 Å². The average Bonchev–Trinajstić information content (AvgIpc) is 2.90. The van der Waals surface area contributed by atoms with E-state index in [2.05, 4.69) is 6.07 Å². The molecule has 1 unspecified atom stereocenters. The van der Waals surface area contributed by atoms with Crippen LogP contribution in [0.5, 0.6) is 5.75 Å². The minimum absolute atomic E-state index is 0.0506. The lowest BCUT2D eigenvalue weighted by atomic mass is 10.1. The summed E-state index contributed by atoms with van der Waals surface area (Å²) in [6.45, 7) is 5.14. The lowest BCUT2D eigenvalue weighted by Gasteiger charge is -2.24. The molecular weight excluding hydrogens is 266 g/mol. The number of amides is 1. The van der Waals surface area contributed by atoms with Crippen molar-refractivity contribution in [3.63, 3.8) is 0 Å². The molecule has 1 aromatic rings. The molecule has 1 heterocycles. The van der Waals surface area contributed by atoms with E-state index in [9.17, 15) is 4.79 Å². The van der Waals surface area contributed by atoms with E-state index in [1.807, 2.05) is 30.9 Å². The number of carbonyl (C=O) groups excluding carboxylic acids is 1. The number of hydrogen-bond acceptors (Lipinski definition) is 3. The molecule has 1 aliphatic heterocycles. The van der Waals surface area contributed by atoms with Gasteiger partial charge in [0.2, 0.25) is 0 Å². The molecule has 1 aliphatic rings. The quantitative estimate of drug-likeness (QED) is 0.876. The van der Waals surface area contributed by atoms with Gasteiger partial charge < -0.3 is 14.7 Å². The van der Waals surface area contributed by atoms with Crippen LogP contribution in [0.15, 0.2) is 18.2 Å². The average molecular weight is 291 g/mol. The van der Waals surface area contributed by atoms with Gasteiger partial charge in [0, 0.05) is 19.2 Å². The number of carbonyl (C=O) groups is 1. The smallest absolute Gasteiger partial charge is 0.260 e. The van der Waals surface area contributed by atoms with E-state index < -0.39 is 0 Å². The molecule has 1 N–H and O–H groups in total. The summed E-state index contributed by atoms with van der Waals surface area (Å²) in [7, 11) is 0. The van der Waals surface area contributed by atoms with Gasteiger partial charge in [0.15, 0.2) is 6.61 Å². The number of nitrogens with zero attached hydrogens (tertiary/aromatic N) is 1. The van der Waals surface area contributed by atoms with Gasteiger partial charge in [-0.2, -0.15) is 0 Å². The monoisotopic (exact) mass is 291 g/mol. The first kappa shape index (κ1) is 15.8. The van der Waals surface area contributed by atoms with Gasteiger partial charge in [-0.1, -0.05) is 6.07 Å². The molecule has 21 heavy (non-hydrogen) atoms. The number of aliphatic hydroxyl groups is 1. The molecule has 4 nitrogen and oxygen atoms in total. The largest absolute Gasteiger partial charge is 0.484 e. The molecule has 116 valence electrons. The summed E-state index contributed by atoms with van der Waals surface area (Å²) in [5, 5.41) is 8.93. The highest BCUT2D eigenvalue weighted by Gasteiger charge is 2.28. The Labute approximate surface area is 126 Å². The molecule has 0 aliphatic carbocycles. The number of rotatable bonds is 6. The lowest BCUT2D eigenvalue weighted by molar-refractivity contribution is -0.134. The lowest BCUT2D eigenvalue weighted by Crippen LogP contribution is -2.38. The summed E-state index contributed by atoms with van der Waals surface area (Å²) in [6.07, 6.45) is 3.72. The van der Waals surface area contributed by atoms with Crippen molar-refractivity contribution in [2.45, 2.75) is 45.6 Å². The third-order valence-electron chi connectivity index (χ3n) is 3.95. The maximum Gasteiger partial charge on any atom is 0.260 e. The fraction of sp³-hybridized carbons (Fsp3) is 0.588. The van der Waals surface area contributed by atoms with Gasteiger partial charge in [0.25, 0.3) is 5.91 Å². The maximum atomic E-state index is 12.3. The zero-order valence-electron chi connectivity index (χ0n) is 13.0. The molecule has 0 aromatic heterocycles. The van der Waals surface area contributed by atoms with Crippen LogP contribution in [0.1, 0.15) is 36.8 Å². The number of benzene rings is 1. The van der Waals surface area contributed by atoms with Gasteiger partial charge in [-0.15, -0.1) is 0 Å². The van der Waals surface area contributed by atoms with Crippen molar-refractivity contribution >= 4 is 5.91 Å². The van der Waals surface area contributed by atoms with Crippen LogP contribution in [-0.2, 0) is 4.79 Å². The number of hydrogen-bond donors (Lipinski definition) is 1. The molecular formula is C17H25NO3. The first-order chi connectivity index (χ1) is 10.1. The van der Waals surface area contributed by atoms with Crippen molar-refractivity contribution in [2.24, 2.45) is 0 Å². The van der Waals surface area contributed by atoms with E-state index in [1.165, 1.54) is 0 Å². The molecule has 2 rings (SSSR count). The molecule has 1 atom stereocenters. The van der Waals surface area contributed by atoms with Crippen molar-refractivity contribution in [2.75, 3.05) is 19.8 Å². The van der Waals surface area contributed by atoms with Crippen molar-refractivity contribution in [1.82, 2.24) is 4.90 Å². The summed E-state index contributed by atoms with van der Waals surface area (Å²) < 4.78 is 5.65. The Morgan fingerprint density at radius 1 is 1.33 bits per heavy atom. The molecule has 0 saturated carbocycles. The predicted octanol–water partition coefficient (Wildman–Crippen LogP) is 2.45. The van der Waals surface area contributed by atoms with E-state index in [-0.39, 0.29) is 25.2 Å². The van der Waals surface area contributed by atoms with E-state index in [0.717, 1.165) is 49.1 Å². The molecule has 1 saturated heterocycles. The van der Waals surface area contributed by atoms with Crippen molar-refractivity contribution in [3.05, 3.63) is 29.3 Å². The van der Waals surface area contributed by atoms with Crippen LogP contribution >= 0.6 is 0 Å². The van der Waals surface area contributed by atoms with Gasteiger partial charge in [0.1, 0.15) is 5.75 Å². The molecule has 1 amide bonds. The van der Waals surface area contributed by atoms with Crippen LogP contribution in [0.4, 0.5) is 0 Å². The second kappa shape index (κ2) is 7.46. The van der Waals surface area contributed by atoms with Crippen molar-refractivity contribution in [3.8, 4) is 5.75 Å². The van der Waals surface area contributed by atoms with Crippen LogP contribution < -0.4 is 4.74 Å². The third-order valence-corrected chi connectivity index (χ3v) is 3.95. The summed E-state index contributed by atoms with van der Waals surface area (Å²) in [5.41, 5.74) is 2.28. The Kier molecular flexibility index (Phi) is 5.62. The standard InChI is InChI=1S/C17H25NO3/c1-13-9-14(2)11-16(10-13)21-12-17(20)18-7-3-5-15(18)6-4-8-19/h9-11,15,19H,3-8,12H2,1-2H3. The third kappa shape index (κ3) is 4.46. The van der Waals surface area contributed by atoms with E-state index in [1.54, 1.807) is 0 Å². The zero-order chi connectivity index (χ0) is 15.2. The molecule has 0 radical (unpaired) electrons. The van der Waals surface area contributed by atoms with Gasteiger partial charge >= 0.3 is 0 Å². The Morgan fingerprint density at radius 3 is 2.71 bits per heavy atom. The summed E-state index contributed by atoms with van der Waals surface area (Å²) in [5.74, 6) is 0.807. The number of aliphatic hydroxyl groups excluding tert-OH is 1. The first-order valence-electron chi connectivity index (χ1n) is 7.71. The van der Waals surface area contributed by atoms with E-state index in [4.69, 9.17) is 9.84 Å². The highest BCUT2D eigenvalue weighted by molar-refractivity contribution is 5.78. The molecule has 0 spiro atoms. The van der Waals surface area contributed by atoms with Crippen LogP contribution in [0.3, 0.4) is 0 Å². The van der Waals surface area contributed by atoms with Gasteiger partial charge in [-0.25, -0.2) is 0 Å². The fourth-order valence-electron chi connectivity index (χ4n) is 3.04.